The Morgan fingerprint density at radius 2 is 1.56 bits per heavy atom. The fourth-order valence-corrected chi connectivity index (χ4v) is 9.90. The van der Waals surface area contributed by atoms with Crippen molar-refractivity contribution in [3.8, 4) is 0 Å². The van der Waals surface area contributed by atoms with E-state index in [9.17, 15) is 8.42 Å². The zero-order valence-corrected chi connectivity index (χ0v) is 16.6. The number of hydrogen-bond acceptors (Lipinski definition) is 4. The van der Waals surface area contributed by atoms with Crippen molar-refractivity contribution >= 4 is 17.9 Å². The molecule has 0 aromatic heterocycles. The molecular formula is C19H24O4SSi. The van der Waals surface area contributed by atoms with Crippen molar-refractivity contribution in [2.45, 2.75) is 41.8 Å². The minimum Gasteiger partial charge on any atom is -0.374 e. The first-order valence-electron chi connectivity index (χ1n) is 8.38. The summed E-state index contributed by atoms with van der Waals surface area (Å²) < 4.78 is 37.0. The van der Waals surface area contributed by atoms with Gasteiger partial charge < -0.3 is 9.47 Å². The summed E-state index contributed by atoms with van der Waals surface area (Å²) >= 11 is 0. The van der Waals surface area contributed by atoms with E-state index in [1.807, 2.05) is 56.0 Å². The molecule has 1 saturated heterocycles. The number of benzene rings is 2. The number of sulfone groups is 1. The van der Waals surface area contributed by atoms with Gasteiger partial charge in [-0.05, 0) is 17.7 Å². The maximum absolute atomic E-state index is 13.3. The van der Waals surface area contributed by atoms with Crippen LogP contribution >= 0.6 is 0 Å². The summed E-state index contributed by atoms with van der Waals surface area (Å²) in [6.07, 6.45) is -0.409. The monoisotopic (exact) mass is 376 g/mol. The van der Waals surface area contributed by atoms with E-state index in [4.69, 9.17) is 9.47 Å². The Labute approximate surface area is 150 Å². The molecule has 1 aliphatic rings. The van der Waals surface area contributed by atoms with Crippen LogP contribution < -0.4 is 0 Å². The smallest absolute Gasteiger partial charge is 0.207 e. The Morgan fingerprint density at radius 1 is 1.00 bits per heavy atom. The summed E-state index contributed by atoms with van der Waals surface area (Å²) in [5.74, 6) is 0. The van der Waals surface area contributed by atoms with Crippen LogP contribution in [0.3, 0.4) is 0 Å². The van der Waals surface area contributed by atoms with Gasteiger partial charge in [0, 0.05) is 0 Å². The fourth-order valence-electron chi connectivity index (χ4n) is 3.25. The summed E-state index contributed by atoms with van der Waals surface area (Å²) in [7, 11) is -5.74. The van der Waals surface area contributed by atoms with Crippen LogP contribution in [0.2, 0.25) is 19.6 Å². The van der Waals surface area contributed by atoms with Crippen LogP contribution in [-0.2, 0) is 25.9 Å². The van der Waals surface area contributed by atoms with E-state index in [1.54, 1.807) is 24.3 Å². The molecule has 0 aliphatic carbocycles. The van der Waals surface area contributed by atoms with E-state index < -0.39 is 28.6 Å². The summed E-state index contributed by atoms with van der Waals surface area (Å²) in [6, 6.07) is 18.4. The average Bonchev–Trinajstić information content (AvgIpc) is 3.33. The second-order valence-electron chi connectivity index (χ2n) is 7.34. The van der Waals surface area contributed by atoms with E-state index in [0.717, 1.165) is 5.56 Å². The van der Waals surface area contributed by atoms with Crippen LogP contribution in [0.1, 0.15) is 5.56 Å². The molecule has 6 heteroatoms. The summed E-state index contributed by atoms with van der Waals surface area (Å²) in [5.41, 5.74) is 1.06. The Morgan fingerprint density at radius 3 is 2.12 bits per heavy atom. The Balaban J connectivity index is 1.77. The lowest BCUT2D eigenvalue weighted by molar-refractivity contribution is 0.104. The van der Waals surface area contributed by atoms with Crippen LogP contribution in [-0.4, -0.2) is 33.8 Å². The molecule has 4 nitrogen and oxygen atoms in total. The van der Waals surface area contributed by atoms with E-state index in [0.29, 0.717) is 11.5 Å². The highest BCUT2D eigenvalue weighted by Crippen LogP contribution is 2.51. The molecule has 0 N–H and O–H groups in total. The average molecular weight is 377 g/mol. The lowest BCUT2D eigenvalue weighted by atomic mass is 10.2. The zero-order chi connectivity index (χ0) is 18.1. The second kappa shape index (κ2) is 6.68. The van der Waals surface area contributed by atoms with E-state index in [2.05, 4.69) is 0 Å². The third kappa shape index (κ3) is 3.31. The molecule has 1 fully saturated rings. The third-order valence-electron chi connectivity index (χ3n) is 4.56. The number of epoxide rings is 1. The van der Waals surface area contributed by atoms with Gasteiger partial charge in [-0.15, -0.1) is 0 Å². The zero-order valence-electron chi connectivity index (χ0n) is 14.8. The van der Waals surface area contributed by atoms with Crippen molar-refractivity contribution in [1.29, 1.82) is 0 Å². The van der Waals surface area contributed by atoms with E-state index in [-0.39, 0.29) is 6.61 Å². The van der Waals surface area contributed by atoms with Crippen LogP contribution in [0.4, 0.5) is 0 Å². The summed E-state index contributed by atoms with van der Waals surface area (Å²) in [4.78, 5) is 0.322. The molecule has 0 spiro atoms. The minimum absolute atomic E-state index is 0.283. The molecular weight excluding hydrogens is 352 g/mol. The highest BCUT2D eigenvalue weighted by atomic mass is 32.2. The standard InChI is InChI=1S/C19H24O4SSi/c1-25(2,3)19(24(20,21)17-12-8-5-9-13-17)18(23-19)15-22-14-16-10-6-4-7-11-16/h4-13,18H,14-15H2,1-3H3/t18-,19+/m1/s1. The minimum atomic E-state index is -3.57. The molecule has 1 aliphatic heterocycles. The number of hydrogen-bond donors (Lipinski definition) is 0. The van der Waals surface area contributed by atoms with Gasteiger partial charge in [-0.1, -0.05) is 68.2 Å². The molecule has 2 aromatic carbocycles. The van der Waals surface area contributed by atoms with Crippen LogP contribution in [0.15, 0.2) is 65.6 Å². The number of ether oxygens (including phenoxy) is 2. The summed E-state index contributed by atoms with van der Waals surface area (Å²) in [5, 5.41) is 0. The Kier molecular flexibility index (Phi) is 4.90. The normalized spacial score (nSPS) is 23.4. The molecule has 25 heavy (non-hydrogen) atoms. The molecule has 134 valence electrons. The molecule has 1 heterocycles. The largest absolute Gasteiger partial charge is 0.374 e. The van der Waals surface area contributed by atoms with Gasteiger partial charge in [-0.3, -0.25) is 0 Å². The lowest BCUT2D eigenvalue weighted by Gasteiger charge is -2.26. The molecule has 0 unspecified atom stereocenters. The highest BCUT2D eigenvalue weighted by molar-refractivity contribution is 7.95. The van der Waals surface area contributed by atoms with Crippen molar-refractivity contribution in [3.63, 3.8) is 0 Å². The van der Waals surface area contributed by atoms with Gasteiger partial charge in [-0.25, -0.2) is 8.42 Å². The van der Waals surface area contributed by atoms with Gasteiger partial charge in [-0.2, -0.15) is 0 Å². The van der Waals surface area contributed by atoms with Crippen LogP contribution in [0, 0.1) is 0 Å². The molecule has 3 rings (SSSR count). The maximum atomic E-state index is 13.3. The SMILES string of the molecule is C[Si](C)(C)[C@]1(S(=O)(=O)c2ccccc2)O[C@@H]1COCc1ccccc1. The first kappa shape index (κ1) is 18.3. The lowest BCUT2D eigenvalue weighted by Crippen LogP contribution is -2.50. The van der Waals surface area contributed by atoms with Gasteiger partial charge in [0.2, 0.25) is 9.84 Å². The summed E-state index contributed by atoms with van der Waals surface area (Å²) in [6.45, 7) is 6.83. The van der Waals surface area contributed by atoms with Gasteiger partial charge in [0.05, 0.1) is 18.1 Å². The molecule has 2 aromatic rings. The van der Waals surface area contributed by atoms with Crippen LogP contribution in [0.5, 0.6) is 0 Å². The first-order valence-corrected chi connectivity index (χ1v) is 13.4. The second-order valence-corrected chi connectivity index (χ2v) is 15.0. The highest BCUT2D eigenvalue weighted by Gasteiger charge is 2.72. The van der Waals surface area contributed by atoms with Crippen molar-refractivity contribution in [2.75, 3.05) is 6.61 Å². The predicted octanol–water partition coefficient (Wildman–Crippen LogP) is 3.65. The quantitative estimate of drug-likeness (QED) is 0.547. The maximum Gasteiger partial charge on any atom is 0.207 e. The van der Waals surface area contributed by atoms with E-state index in [1.165, 1.54) is 0 Å². The third-order valence-corrected chi connectivity index (χ3v) is 11.8. The Bertz CT molecular complexity index is 816. The van der Waals surface area contributed by atoms with Crippen molar-refractivity contribution < 1.29 is 17.9 Å². The molecule has 0 saturated carbocycles. The topological polar surface area (TPSA) is 55.9 Å². The van der Waals surface area contributed by atoms with E-state index >= 15 is 0 Å². The van der Waals surface area contributed by atoms with Crippen molar-refractivity contribution in [2.24, 2.45) is 0 Å². The number of rotatable bonds is 7. The van der Waals surface area contributed by atoms with Gasteiger partial charge in [0.1, 0.15) is 14.2 Å². The predicted molar refractivity (Wildman–Crippen MR) is 101 cm³/mol. The molecule has 0 bridgehead atoms. The van der Waals surface area contributed by atoms with Gasteiger partial charge >= 0.3 is 0 Å². The van der Waals surface area contributed by atoms with Gasteiger partial charge in [0.15, 0.2) is 4.56 Å². The molecule has 0 radical (unpaired) electrons. The van der Waals surface area contributed by atoms with Crippen molar-refractivity contribution in [3.05, 3.63) is 66.2 Å². The van der Waals surface area contributed by atoms with Gasteiger partial charge in [0.25, 0.3) is 0 Å². The Hall–Kier alpha value is -1.47. The molecule has 2 atom stereocenters. The van der Waals surface area contributed by atoms with Crippen LogP contribution in [0.25, 0.3) is 0 Å². The fraction of sp³-hybridized carbons (Fsp3) is 0.368. The van der Waals surface area contributed by atoms with Crippen molar-refractivity contribution in [1.82, 2.24) is 0 Å². The first-order chi connectivity index (χ1) is 11.8. The molecule has 0 amide bonds.